The van der Waals surface area contributed by atoms with Crippen molar-refractivity contribution in [1.82, 2.24) is 0 Å². The Hall–Kier alpha value is -6.88. The summed E-state index contributed by atoms with van der Waals surface area (Å²) in [5, 5.41) is 10.4. The van der Waals surface area contributed by atoms with E-state index in [4.69, 9.17) is 6.57 Å². The Labute approximate surface area is 317 Å². The molecular weight excluding hydrogens is 657 g/mol. The number of anilines is 6. The molecule has 9 rings (SSSR count). The van der Waals surface area contributed by atoms with Crippen molar-refractivity contribution in [1.29, 1.82) is 5.26 Å². The molecule has 2 aliphatic rings. The molecule has 2 aliphatic heterocycles. The molecule has 0 bridgehead atoms. The Balaban J connectivity index is 1.07. The first-order chi connectivity index (χ1) is 26.2. The van der Waals surface area contributed by atoms with E-state index in [2.05, 4.69) is 194 Å². The van der Waals surface area contributed by atoms with Crippen LogP contribution in [0.3, 0.4) is 0 Å². The van der Waals surface area contributed by atoms with Crippen LogP contribution in [0.5, 0.6) is 0 Å². The Kier molecular flexibility index (Phi) is 7.56. The topological polar surface area (TPSA) is 34.6 Å². The van der Waals surface area contributed by atoms with Gasteiger partial charge in [0.2, 0.25) is 0 Å². The van der Waals surface area contributed by atoms with Crippen molar-refractivity contribution >= 4 is 39.8 Å². The van der Waals surface area contributed by atoms with Gasteiger partial charge in [0.1, 0.15) is 0 Å². The summed E-state index contributed by atoms with van der Waals surface area (Å²) in [6, 6.07) is 57.4. The standard InChI is InChI=1S/C50H38N4/c1-49(2)40-14-6-10-18-45(40)53(46-19-11-7-15-41(46)49)36-26-22-33(23-27-36)38-31-44(52-5)39(30-35(38)32-51)34-24-28-37(29-25-34)54-47-20-12-8-16-42(47)50(3,4)43-17-9-13-21-48(43)54/h6-31H,1-4H3. The number of fused-ring (bicyclic) bond motifs is 4. The lowest BCUT2D eigenvalue weighted by Gasteiger charge is -2.42. The molecule has 0 aliphatic carbocycles. The summed E-state index contributed by atoms with van der Waals surface area (Å²) in [4.78, 5) is 8.62. The van der Waals surface area contributed by atoms with Crippen LogP contribution < -0.4 is 9.80 Å². The fourth-order valence-corrected chi connectivity index (χ4v) is 8.72. The predicted molar refractivity (Wildman–Crippen MR) is 222 cm³/mol. The summed E-state index contributed by atoms with van der Waals surface area (Å²) >= 11 is 0. The minimum atomic E-state index is -0.134. The first-order valence-corrected chi connectivity index (χ1v) is 18.4. The number of hydrogen-bond acceptors (Lipinski definition) is 3. The Morgan fingerprint density at radius 2 is 0.833 bits per heavy atom. The maximum Gasteiger partial charge on any atom is 0.195 e. The summed E-state index contributed by atoms with van der Waals surface area (Å²) in [5.74, 6) is 0. The van der Waals surface area contributed by atoms with Gasteiger partial charge in [-0.15, -0.1) is 0 Å². The van der Waals surface area contributed by atoms with Crippen LogP contribution in [-0.4, -0.2) is 0 Å². The SMILES string of the molecule is [C-]#[N+]c1cc(-c2ccc(N3c4ccccc4C(C)(C)c4ccccc43)cc2)c(C#N)cc1-c1ccc(N2c3ccccc3C(C)(C)c3ccccc32)cc1. The van der Waals surface area contributed by atoms with Crippen LogP contribution in [0.25, 0.3) is 27.1 Å². The maximum atomic E-state index is 10.4. The molecule has 0 fully saturated rings. The van der Waals surface area contributed by atoms with Crippen LogP contribution >= 0.6 is 0 Å². The highest BCUT2D eigenvalue weighted by Gasteiger charge is 2.37. The van der Waals surface area contributed by atoms with Gasteiger partial charge < -0.3 is 9.80 Å². The molecule has 2 heterocycles. The van der Waals surface area contributed by atoms with E-state index in [1.807, 2.05) is 12.1 Å². The highest BCUT2D eigenvalue weighted by atomic mass is 15.2. The lowest BCUT2D eigenvalue weighted by molar-refractivity contribution is 0.632. The third kappa shape index (κ3) is 4.96. The molecule has 0 spiro atoms. The van der Waals surface area contributed by atoms with Gasteiger partial charge in [-0.2, -0.15) is 5.26 Å². The fraction of sp³-hybridized carbons (Fsp3) is 0.120. The fourth-order valence-electron chi connectivity index (χ4n) is 8.72. The van der Waals surface area contributed by atoms with Crippen LogP contribution in [0, 0.1) is 17.9 Å². The van der Waals surface area contributed by atoms with Crippen molar-refractivity contribution in [2.45, 2.75) is 38.5 Å². The van der Waals surface area contributed by atoms with E-state index < -0.39 is 0 Å². The molecule has 7 aromatic carbocycles. The Morgan fingerprint density at radius 3 is 1.19 bits per heavy atom. The highest BCUT2D eigenvalue weighted by molar-refractivity contribution is 5.91. The van der Waals surface area contributed by atoms with Crippen molar-refractivity contribution in [3.8, 4) is 28.3 Å². The van der Waals surface area contributed by atoms with Crippen LogP contribution in [0.4, 0.5) is 39.8 Å². The third-order valence-electron chi connectivity index (χ3n) is 11.5. The van der Waals surface area contributed by atoms with Gasteiger partial charge in [-0.05, 0) is 105 Å². The summed E-state index contributed by atoms with van der Waals surface area (Å²) < 4.78 is 0. The van der Waals surface area contributed by atoms with Crippen LogP contribution in [-0.2, 0) is 10.8 Å². The van der Waals surface area contributed by atoms with Gasteiger partial charge in [0.25, 0.3) is 0 Å². The first kappa shape index (κ1) is 33.0. The van der Waals surface area contributed by atoms with Gasteiger partial charge in [-0.3, -0.25) is 0 Å². The maximum absolute atomic E-state index is 10.4. The molecule has 0 unspecified atom stereocenters. The zero-order valence-electron chi connectivity index (χ0n) is 30.8. The molecule has 0 amide bonds. The summed E-state index contributed by atoms with van der Waals surface area (Å²) in [6.07, 6.45) is 0. The monoisotopic (exact) mass is 694 g/mol. The van der Waals surface area contributed by atoms with Gasteiger partial charge in [0.15, 0.2) is 5.69 Å². The summed E-state index contributed by atoms with van der Waals surface area (Å²) in [5.41, 5.74) is 15.9. The third-order valence-corrected chi connectivity index (χ3v) is 11.5. The molecule has 0 atom stereocenters. The van der Waals surface area contributed by atoms with Gasteiger partial charge >= 0.3 is 0 Å². The van der Waals surface area contributed by atoms with Gasteiger partial charge in [0.05, 0.1) is 41.0 Å². The quantitative estimate of drug-likeness (QED) is 0.172. The van der Waals surface area contributed by atoms with E-state index in [-0.39, 0.29) is 10.8 Å². The largest absolute Gasteiger partial charge is 0.310 e. The normalized spacial score (nSPS) is 14.5. The molecular formula is C50H38N4. The smallest absolute Gasteiger partial charge is 0.195 e. The van der Waals surface area contributed by atoms with E-state index in [1.165, 1.54) is 22.3 Å². The number of nitriles is 1. The minimum Gasteiger partial charge on any atom is -0.310 e. The molecule has 0 aromatic heterocycles. The Bertz CT molecular complexity index is 2400. The second-order valence-corrected chi connectivity index (χ2v) is 15.2. The van der Waals surface area contributed by atoms with Crippen LogP contribution in [0.15, 0.2) is 158 Å². The lowest BCUT2D eigenvalue weighted by atomic mass is 9.73. The second-order valence-electron chi connectivity index (χ2n) is 15.2. The number of hydrogen-bond donors (Lipinski definition) is 0. The average Bonchev–Trinajstić information content (AvgIpc) is 3.21. The van der Waals surface area contributed by atoms with Crippen molar-refractivity contribution < 1.29 is 0 Å². The molecule has 0 saturated heterocycles. The number of benzene rings is 7. The number of nitrogens with zero attached hydrogens (tertiary/aromatic N) is 4. The average molecular weight is 695 g/mol. The zero-order chi connectivity index (χ0) is 37.2. The molecule has 4 heteroatoms. The van der Waals surface area contributed by atoms with Crippen molar-refractivity contribution in [2.24, 2.45) is 0 Å². The zero-order valence-corrected chi connectivity index (χ0v) is 30.8. The predicted octanol–water partition coefficient (Wildman–Crippen LogP) is 13.7. The van der Waals surface area contributed by atoms with Crippen LogP contribution in [0.2, 0.25) is 0 Å². The Morgan fingerprint density at radius 1 is 0.481 bits per heavy atom. The van der Waals surface area contributed by atoms with E-state index in [9.17, 15) is 5.26 Å². The van der Waals surface area contributed by atoms with Crippen LogP contribution in [0.1, 0.15) is 55.5 Å². The summed E-state index contributed by atoms with van der Waals surface area (Å²) in [7, 11) is 0. The van der Waals surface area contributed by atoms with Gasteiger partial charge in [0, 0.05) is 22.2 Å². The highest BCUT2D eigenvalue weighted by Crippen LogP contribution is 2.53. The molecule has 7 aromatic rings. The molecule has 4 nitrogen and oxygen atoms in total. The molecule has 258 valence electrons. The summed E-state index contributed by atoms with van der Waals surface area (Å²) in [6.45, 7) is 17.3. The lowest BCUT2D eigenvalue weighted by Crippen LogP contribution is -2.30. The van der Waals surface area contributed by atoms with Gasteiger partial charge in [-0.1, -0.05) is 125 Å². The number of rotatable bonds is 4. The van der Waals surface area contributed by atoms with Gasteiger partial charge in [-0.25, -0.2) is 4.85 Å². The van der Waals surface area contributed by atoms with E-state index in [0.29, 0.717) is 11.3 Å². The van der Waals surface area contributed by atoms with E-state index >= 15 is 0 Å². The van der Waals surface area contributed by atoms with Crippen molar-refractivity contribution in [3.63, 3.8) is 0 Å². The van der Waals surface area contributed by atoms with E-state index in [0.717, 1.165) is 56.4 Å². The minimum absolute atomic E-state index is 0.133. The molecule has 54 heavy (non-hydrogen) atoms. The molecule has 0 radical (unpaired) electrons. The molecule has 0 N–H and O–H groups in total. The van der Waals surface area contributed by atoms with Crippen molar-refractivity contribution in [3.05, 3.63) is 197 Å². The van der Waals surface area contributed by atoms with E-state index in [1.54, 1.807) is 0 Å². The molecule has 0 saturated carbocycles. The second kappa shape index (κ2) is 12.4. The van der Waals surface area contributed by atoms with Crippen molar-refractivity contribution in [2.75, 3.05) is 9.80 Å². The first-order valence-electron chi connectivity index (χ1n) is 18.4. The number of para-hydroxylation sites is 4.